The van der Waals surface area contributed by atoms with Gasteiger partial charge in [0.1, 0.15) is 23.0 Å². The second-order valence-corrected chi connectivity index (χ2v) is 9.00. The van der Waals surface area contributed by atoms with Crippen LogP contribution < -0.4 is 5.32 Å². The normalized spacial score (nSPS) is 14.9. The van der Waals surface area contributed by atoms with E-state index < -0.39 is 12.1 Å². The van der Waals surface area contributed by atoms with Crippen LogP contribution in [0.4, 0.5) is 19.0 Å². The minimum atomic E-state index is -5.08. The van der Waals surface area contributed by atoms with Crippen LogP contribution in [0.2, 0.25) is 0 Å². The second kappa shape index (κ2) is 11.8. The minimum absolute atomic E-state index is 0.0132. The number of rotatable bonds is 4. The molecule has 0 aromatic carbocycles. The molecular formula is C23H31F3N4O4. The van der Waals surface area contributed by atoms with Crippen molar-refractivity contribution in [3.63, 3.8) is 0 Å². The number of aromatic nitrogens is 2. The van der Waals surface area contributed by atoms with E-state index in [2.05, 4.69) is 36.1 Å². The van der Waals surface area contributed by atoms with Crippen molar-refractivity contribution in [2.75, 3.05) is 18.4 Å². The SMILES string of the molecule is CC(C)(C)c1ncc(C(=O)N2CCCCCCC2)c(NCc2ccco2)n1.O=C(O)C(F)(F)F. The van der Waals surface area contributed by atoms with E-state index in [0.29, 0.717) is 23.8 Å². The predicted octanol–water partition coefficient (Wildman–Crippen LogP) is 5.02. The average Bonchev–Trinajstić information content (AvgIpc) is 3.24. The third kappa shape index (κ3) is 8.35. The number of anilines is 1. The number of carbonyl (C=O) groups excluding carboxylic acids is 1. The molecule has 0 radical (unpaired) electrons. The Balaban J connectivity index is 0.000000509. The van der Waals surface area contributed by atoms with Crippen LogP contribution in [0, 0.1) is 0 Å². The van der Waals surface area contributed by atoms with Crippen LogP contribution in [0.1, 0.15) is 74.8 Å². The number of likely N-dealkylation sites (tertiary alicyclic amines) is 1. The number of alkyl halides is 3. The molecule has 0 unspecified atom stereocenters. The molecule has 2 aromatic heterocycles. The lowest BCUT2D eigenvalue weighted by Crippen LogP contribution is -2.34. The van der Waals surface area contributed by atoms with Crippen molar-refractivity contribution >= 4 is 17.7 Å². The first-order valence-electron chi connectivity index (χ1n) is 11.1. The van der Waals surface area contributed by atoms with Crippen molar-refractivity contribution in [1.29, 1.82) is 0 Å². The van der Waals surface area contributed by atoms with Gasteiger partial charge in [-0.2, -0.15) is 13.2 Å². The Bertz CT molecular complexity index is 933. The second-order valence-electron chi connectivity index (χ2n) is 9.00. The van der Waals surface area contributed by atoms with Crippen molar-refractivity contribution in [3.8, 4) is 0 Å². The molecule has 1 saturated heterocycles. The number of halogens is 3. The number of carbonyl (C=O) groups is 2. The molecule has 8 nitrogen and oxygen atoms in total. The standard InChI is InChI=1S/C21H30N4O2.C2HF3O2/c1-21(2,3)20-23-15-17(18(24-20)22-14-16-10-9-13-27-16)19(26)25-11-7-5-4-6-8-12-25;3-2(4,5)1(6)7/h9-10,13,15H,4-8,11-12,14H2,1-3H3,(H,22,23,24);(H,6,7). The smallest absolute Gasteiger partial charge is 0.475 e. The summed E-state index contributed by atoms with van der Waals surface area (Å²) < 4.78 is 37.1. The summed E-state index contributed by atoms with van der Waals surface area (Å²) in [5.74, 6) is -0.644. The number of hydrogen-bond donors (Lipinski definition) is 2. The van der Waals surface area contributed by atoms with Gasteiger partial charge in [-0.3, -0.25) is 4.79 Å². The van der Waals surface area contributed by atoms with Crippen LogP contribution in [0.3, 0.4) is 0 Å². The fourth-order valence-electron chi connectivity index (χ4n) is 3.24. The average molecular weight is 485 g/mol. The monoisotopic (exact) mass is 484 g/mol. The highest BCUT2D eigenvalue weighted by molar-refractivity contribution is 5.98. The number of carboxylic acid groups (broad SMARTS) is 1. The number of nitrogens with zero attached hydrogens (tertiary/aromatic N) is 3. The highest BCUT2D eigenvalue weighted by atomic mass is 19.4. The van der Waals surface area contributed by atoms with Gasteiger partial charge in [-0.1, -0.05) is 40.0 Å². The highest BCUT2D eigenvalue weighted by Crippen LogP contribution is 2.24. The largest absolute Gasteiger partial charge is 0.490 e. The van der Waals surface area contributed by atoms with E-state index in [-0.39, 0.29) is 11.3 Å². The molecule has 11 heteroatoms. The summed E-state index contributed by atoms with van der Waals surface area (Å²) in [5.41, 5.74) is 0.346. The van der Waals surface area contributed by atoms with Crippen molar-refractivity contribution < 1.29 is 32.3 Å². The Hall–Kier alpha value is -3.11. The van der Waals surface area contributed by atoms with Crippen molar-refractivity contribution in [2.45, 2.75) is 71.0 Å². The predicted molar refractivity (Wildman–Crippen MR) is 119 cm³/mol. The van der Waals surface area contributed by atoms with Crippen molar-refractivity contribution in [3.05, 3.63) is 41.7 Å². The molecule has 3 heterocycles. The Morgan fingerprint density at radius 3 is 2.21 bits per heavy atom. The molecule has 188 valence electrons. The van der Waals surface area contributed by atoms with Gasteiger partial charge in [0.25, 0.3) is 5.91 Å². The lowest BCUT2D eigenvalue weighted by molar-refractivity contribution is -0.192. The summed E-state index contributed by atoms with van der Waals surface area (Å²) in [6, 6.07) is 3.75. The van der Waals surface area contributed by atoms with E-state index in [0.717, 1.165) is 31.7 Å². The number of amides is 1. The molecule has 0 saturated carbocycles. The van der Waals surface area contributed by atoms with Gasteiger partial charge < -0.3 is 19.7 Å². The molecule has 2 N–H and O–H groups in total. The van der Waals surface area contributed by atoms with Crippen LogP contribution in [-0.4, -0.2) is 51.1 Å². The Morgan fingerprint density at radius 1 is 1.12 bits per heavy atom. The van der Waals surface area contributed by atoms with Crippen LogP contribution in [0.5, 0.6) is 0 Å². The molecule has 3 rings (SSSR count). The van der Waals surface area contributed by atoms with Gasteiger partial charge in [-0.25, -0.2) is 14.8 Å². The summed E-state index contributed by atoms with van der Waals surface area (Å²) in [6.45, 7) is 8.29. The van der Waals surface area contributed by atoms with Crippen molar-refractivity contribution in [2.24, 2.45) is 0 Å². The van der Waals surface area contributed by atoms with Crippen LogP contribution >= 0.6 is 0 Å². The van der Waals surface area contributed by atoms with E-state index in [1.165, 1.54) is 19.3 Å². The minimum Gasteiger partial charge on any atom is -0.475 e. The van der Waals surface area contributed by atoms with Crippen LogP contribution in [0.25, 0.3) is 0 Å². The molecule has 1 amide bonds. The van der Waals surface area contributed by atoms with Gasteiger partial charge in [0, 0.05) is 24.7 Å². The molecule has 1 aliphatic heterocycles. The van der Waals surface area contributed by atoms with Crippen LogP contribution in [-0.2, 0) is 16.8 Å². The van der Waals surface area contributed by atoms with E-state index in [1.54, 1.807) is 12.5 Å². The third-order valence-corrected chi connectivity index (χ3v) is 5.09. The number of nitrogens with one attached hydrogen (secondary N) is 1. The van der Waals surface area contributed by atoms with E-state index in [1.807, 2.05) is 17.0 Å². The zero-order valence-electron chi connectivity index (χ0n) is 19.6. The number of furan rings is 1. The summed E-state index contributed by atoms with van der Waals surface area (Å²) in [6.07, 6.45) is 3.99. The Labute approximate surface area is 196 Å². The molecular weight excluding hydrogens is 453 g/mol. The van der Waals surface area contributed by atoms with Crippen LogP contribution in [0.15, 0.2) is 29.0 Å². The summed E-state index contributed by atoms with van der Waals surface area (Å²) in [4.78, 5) is 33.2. The molecule has 2 aromatic rings. The van der Waals surface area contributed by atoms with Gasteiger partial charge in [0.2, 0.25) is 0 Å². The van der Waals surface area contributed by atoms with Crippen molar-refractivity contribution in [1.82, 2.24) is 14.9 Å². The molecule has 1 aliphatic rings. The fraction of sp³-hybridized carbons (Fsp3) is 0.565. The quantitative estimate of drug-likeness (QED) is 0.627. The fourth-order valence-corrected chi connectivity index (χ4v) is 3.24. The van der Waals surface area contributed by atoms with Gasteiger partial charge in [0.05, 0.1) is 12.8 Å². The number of carboxylic acids is 1. The molecule has 0 spiro atoms. The van der Waals surface area contributed by atoms with Gasteiger partial charge in [0.15, 0.2) is 0 Å². The lowest BCUT2D eigenvalue weighted by Gasteiger charge is -2.26. The first-order valence-corrected chi connectivity index (χ1v) is 11.1. The molecule has 34 heavy (non-hydrogen) atoms. The van der Waals surface area contributed by atoms with Gasteiger partial charge in [-0.05, 0) is 25.0 Å². The third-order valence-electron chi connectivity index (χ3n) is 5.09. The first-order chi connectivity index (χ1) is 15.9. The Kier molecular flexibility index (Phi) is 9.46. The summed E-state index contributed by atoms with van der Waals surface area (Å²) in [5, 5.41) is 10.4. The van der Waals surface area contributed by atoms with Gasteiger partial charge in [-0.15, -0.1) is 0 Å². The molecule has 0 aliphatic carbocycles. The maximum atomic E-state index is 13.2. The summed E-state index contributed by atoms with van der Waals surface area (Å²) in [7, 11) is 0. The maximum Gasteiger partial charge on any atom is 0.490 e. The van der Waals surface area contributed by atoms with E-state index >= 15 is 0 Å². The number of hydrogen-bond acceptors (Lipinski definition) is 6. The Morgan fingerprint density at radius 2 is 1.71 bits per heavy atom. The van der Waals surface area contributed by atoms with Gasteiger partial charge >= 0.3 is 12.1 Å². The molecule has 0 bridgehead atoms. The molecule has 0 atom stereocenters. The summed E-state index contributed by atoms with van der Waals surface area (Å²) >= 11 is 0. The lowest BCUT2D eigenvalue weighted by atomic mass is 9.95. The first kappa shape index (κ1) is 27.1. The zero-order valence-corrected chi connectivity index (χ0v) is 19.6. The van der Waals surface area contributed by atoms with E-state index in [4.69, 9.17) is 14.3 Å². The number of aliphatic carboxylic acids is 1. The molecule has 1 fully saturated rings. The highest BCUT2D eigenvalue weighted by Gasteiger charge is 2.38. The maximum absolute atomic E-state index is 13.2. The van der Waals surface area contributed by atoms with E-state index in [9.17, 15) is 18.0 Å². The topological polar surface area (TPSA) is 109 Å². The zero-order chi connectivity index (χ0) is 25.4.